The molecular weight excluding hydrogens is 266 g/mol. The summed E-state index contributed by atoms with van der Waals surface area (Å²) in [6, 6.07) is 3.20. The van der Waals surface area contributed by atoms with Crippen LogP contribution in [-0.2, 0) is 6.54 Å². The minimum Gasteiger partial charge on any atom is -0.370 e. The fraction of sp³-hybridized carbons (Fsp3) is 0.250. The van der Waals surface area contributed by atoms with E-state index in [0.29, 0.717) is 24.5 Å². The molecule has 2 aromatic rings. The lowest BCUT2D eigenvalue weighted by Gasteiger charge is -2.07. The second kappa shape index (κ2) is 6.19. The van der Waals surface area contributed by atoms with Crippen LogP contribution in [0.25, 0.3) is 0 Å². The summed E-state index contributed by atoms with van der Waals surface area (Å²) in [7, 11) is 0. The zero-order chi connectivity index (χ0) is 13.7. The Bertz CT molecular complexity index is 555. The molecule has 0 bridgehead atoms. The van der Waals surface area contributed by atoms with Crippen LogP contribution in [0.2, 0.25) is 5.15 Å². The Morgan fingerprint density at radius 3 is 3.00 bits per heavy atom. The number of imidazole rings is 1. The molecule has 0 fully saturated rings. The second-order valence-corrected chi connectivity index (χ2v) is 4.24. The fourth-order valence-corrected chi connectivity index (χ4v) is 1.77. The summed E-state index contributed by atoms with van der Waals surface area (Å²) >= 11 is 5.88. The van der Waals surface area contributed by atoms with Gasteiger partial charge >= 0.3 is 0 Å². The third-order valence-electron chi connectivity index (χ3n) is 2.41. The number of hydrogen-bond acceptors (Lipinski definition) is 4. The van der Waals surface area contributed by atoms with E-state index in [4.69, 9.17) is 11.6 Å². The molecule has 0 spiro atoms. The quantitative estimate of drug-likeness (QED) is 0.729. The molecule has 2 heterocycles. The first-order valence-corrected chi connectivity index (χ1v) is 6.23. The maximum atomic E-state index is 12.0. The fourth-order valence-electron chi connectivity index (χ4n) is 1.56. The number of halogens is 1. The van der Waals surface area contributed by atoms with Gasteiger partial charge in [0, 0.05) is 18.3 Å². The molecule has 0 radical (unpaired) electrons. The Morgan fingerprint density at radius 1 is 1.47 bits per heavy atom. The molecule has 0 aliphatic carbocycles. The van der Waals surface area contributed by atoms with Gasteiger partial charge in [0.2, 0.25) is 0 Å². The molecule has 0 atom stereocenters. The number of carbonyl (C=O) groups excluding carboxylic acids is 1. The molecule has 7 heteroatoms. The van der Waals surface area contributed by atoms with Crippen LogP contribution in [-0.4, -0.2) is 27.4 Å². The summed E-state index contributed by atoms with van der Waals surface area (Å²) < 4.78 is 0. The van der Waals surface area contributed by atoms with Crippen LogP contribution in [0.1, 0.15) is 23.0 Å². The number of aromatic nitrogens is 3. The number of hydrogen-bond donors (Lipinski definition) is 3. The van der Waals surface area contributed by atoms with Gasteiger partial charge in [0.15, 0.2) is 0 Å². The smallest absolute Gasteiger partial charge is 0.251 e. The van der Waals surface area contributed by atoms with Gasteiger partial charge in [0.05, 0.1) is 18.6 Å². The maximum absolute atomic E-state index is 12.0. The average Bonchev–Trinajstić information content (AvgIpc) is 2.88. The largest absolute Gasteiger partial charge is 0.370 e. The van der Waals surface area contributed by atoms with Crippen LogP contribution in [0.5, 0.6) is 0 Å². The topological polar surface area (TPSA) is 82.7 Å². The van der Waals surface area contributed by atoms with Gasteiger partial charge in [-0.1, -0.05) is 11.6 Å². The normalized spacial score (nSPS) is 10.2. The second-order valence-electron chi connectivity index (χ2n) is 3.85. The summed E-state index contributed by atoms with van der Waals surface area (Å²) in [5.74, 6) is 0.375. The van der Waals surface area contributed by atoms with Gasteiger partial charge < -0.3 is 15.6 Å². The molecule has 0 aromatic carbocycles. The van der Waals surface area contributed by atoms with Crippen LogP contribution in [0.15, 0.2) is 24.7 Å². The van der Waals surface area contributed by atoms with E-state index in [2.05, 4.69) is 25.6 Å². The minimum absolute atomic E-state index is 0.210. The van der Waals surface area contributed by atoms with E-state index in [0.717, 1.165) is 5.69 Å². The molecule has 1 amide bonds. The molecule has 0 aliphatic heterocycles. The van der Waals surface area contributed by atoms with Crippen LogP contribution < -0.4 is 10.6 Å². The lowest BCUT2D eigenvalue weighted by molar-refractivity contribution is 0.0950. The number of anilines is 1. The minimum atomic E-state index is -0.210. The predicted molar refractivity (Wildman–Crippen MR) is 73.2 cm³/mol. The lowest BCUT2D eigenvalue weighted by atomic mass is 10.2. The summed E-state index contributed by atoms with van der Waals surface area (Å²) in [6.45, 7) is 3.04. The lowest BCUT2D eigenvalue weighted by Crippen LogP contribution is -2.23. The van der Waals surface area contributed by atoms with Crippen molar-refractivity contribution >= 4 is 23.3 Å². The molecule has 2 aromatic heterocycles. The monoisotopic (exact) mass is 279 g/mol. The molecular formula is C12H14ClN5O. The zero-order valence-electron chi connectivity index (χ0n) is 10.4. The number of nitrogens with zero attached hydrogens (tertiary/aromatic N) is 2. The van der Waals surface area contributed by atoms with Crippen molar-refractivity contribution in [3.8, 4) is 0 Å². The predicted octanol–water partition coefficient (Wildman–Crippen LogP) is 1.82. The number of pyridine rings is 1. The molecule has 0 saturated heterocycles. The van der Waals surface area contributed by atoms with Gasteiger partial charge in [-0.25, -0.2) is 9.97 Å². The first kappa shape index (κ1) is 13.4. The van der Waals surface area contributed by atoms with Gasteiger partial charge in [-0.05, 0) is 19.1 Å². The van der Waals surface area contributed by atoms with Gasteiger partial charge in [-0.3, -0.25) is 4.79 Å². The highest BCUT2D eigenvalue weighted by Crippen LogP contribution is 2.14. The highest BCUT2D eigenvalue weighted by atomic mass is 35.5. The summed E-state index contributed by atoms with van der Waals surface area (Å²) in [6.07, 6.45) is 3.22. The molecule has 19 heavy (non-hydrogen) atoms. The Morgan fingerprint density at radius 2 is 2.32 bits per heavy atom. The molecule has 0 saturated carbocycles. The average molecular weight is 280 g/mol. The highest BCUT2D eigenvalue weighted by Gasteiger charge is 2.09. The molecule has 0 unspecified atom stereocenters. The van der Waals surface area contributed by atoms with Crippen molar-refractivity contribution in [1.29, 1.82) is 0 Å². The number of carbonyl (C=O) groups is 1. The number of H-pyrrole nitrogens is 1. The summed E-state index contributed by atoms with van der Waals surface area (Å²) in [5.41, 5.74) is 1.30. The van der Waals surface area contributed by atoms with Crippen molar-refractivity contribution in [3.63, 3.8) is 0 Å². The Balaban J connectivity index is 2.05. The standard InChI is InChI=1S/C12H14ClN5O/c1-2-15-11-4-8(3-10(13)18-11)12(19)16-6-9-5-14-7-17-9/h3-5,7H,2,6H2,1H3,(H,14,17)(H,15,18)(H,16,19). The van der Waals surface area contributed by atoms with E-state index in [1.165, 1.54) is 6.07 Å². The van der Waals surface area contributed by atoms with E-state index in [-0.39, 0.29) is 11.1 Å². The zero-order valence-corrected chi connectivity index (χ0v) is 11.2. The first-order valence-electron chi connectivity index (χ1n) is 5.86. The maximum Gasteiger partial charge on any atom is 0.251 e. The summed E-state index contributed by atoms with van der Waals surface area (Å²) in [5, 5.41) is 6.08. The van der Waals surface area contributed by atoms with Crippen molar-refractivity contribution in [2.75, 3.05) is 11.9 Å². The van der Waals surface area contributed by atoms with Crippen molar-refractivity contribution in [1.82, 2.24) is 20.3 Å². The van der Waals surface area contributed by atoms with E-state index < -0.39 is 0 Å². The number of amides is 1. The number of rotatable bonds is 5. The van der Waals surface area contributed by atoms with Crippen molar-refractivity contribution in [2.45, 2.75) is 13.5 Å². The number of aromatic amines is 1. The van der Waals surface area contributed by atoms with Crippen LogP contribution >= 0.6 is 11.6 Å². The number of nitrogens with one attached hydrogen (secondary N) is 3. The molecule has 3 N–H and O–H groups in total. The molecule has 2 rings (SSSR count). The summed E-state index contributed by atoms with van der Waals surface area (Å²) in [4.78, 5) is 22.9. The first-order chi connectivity index (χ1) is 9.19. The SMILES string of the molecule is CCNc1cc(C(=O)NCc2cnc[nH]2)cc(Cl)n1. The van der Waals surface area contributed by atoms with Gasteiger partial charge in [0.25, 0.3) is 5.91 Å². The Kier molecular flexibility index (Phi) is 4.35. The van der Waals surface area contributed by atoms with Crippen molar-refractivity contribution < 1.29 is 4.79 Å². The molecule has 6 nitrogen and oxygen atoms in total. The van der Waals surface area contributed by atoms with E-state index >= 15 is 0 Å². The van der Waals surface area contributed by atoms with Crippen LogP contribution in [0, 0.1) is 0 Å². The molecule has 0 aliphatic rings. The van der Waals surface area contributed by atoms with E-state index in [1.54, 1.807) is 18.6 Å². The van der Waals surface area contributed by atoms with Crippen LogP contribution in [0.3, 0.4) is 0 Å². The van der Waals surface area contributed by atoms with E-state index in [9.17, 15) is 4.79 Å². The van der Waals surface area contributed by atoms with Gasteiger partial charge in [-0.15, -0.1) is 0 Å². The molecule has 100 valence electrons. The third kappa shape index (κ3) is 3.69. The van der Waals surface area contributed by atoms with Gasteiger partial charge in [0.1, 0.15) is 11.0 Å². The van der Waals surface area contributed by atoms with Crippen LogP contribution in [0.4, 0.5) is 5.82 Å². The van der Waals surface area contributed by atoms with Gasteiger partial charge in [-0.2, -0.15) is 0 Å². The van der Waals surface area contributed by atoms with Crippen molar-refractivity contribution in [2.24, 2.45) is 0 Å². The highest BCUT2D eigenvalue weighted by molar-refractivity contribution is 6.29. The van der Waals surface area contributed by atoms with Crippen molar-refractivity contribution in [3.05, 3.63) is 41.1 Å². The Hall–Kier alpha value is -2.08. The van der Waals surface area contributed by atoms with E-state index in [1.807, 2.05) is 6.92 Å². The third-order valence-corrected chi connectivity index (χ3v) is 2.60. The Labute approximate surface area is 115 Å².